The molecule has 1 amide bonds. The maximum absolute atomic E-state index is 12.6. The third kappa shape index (κ3) is 4.23. The van der Waals surface area contributed by atoms with Crippen LogP contribution < -0.4 is 4.90 Å². The SMILES string of the molecule is CCN(C(=O)C(C)SCCF)c1cn(-c2cccnc2)nc1Cl. The summed E-state index contributed by atoms with van der Waals surface area (Å²) in [5, 5.41) is 4.13. The summed E-state index contributed by atoms with van der Waals surface area (Å²) in [7, 11) is 0. The monoisotopic (exact) mass is 356 g/mol. The number of hydrogen-bond acceptors (Lipinski definition) is 4. The average Bonchev–Trinajstić information content (AvgIpc) is 2.96. The Labute approximate surface area is 143 Å². The van der Waals surface area contributed by atoms with Gasteiger partial charge in [0.05, 0.1) is 30.0 Å². The molecule has 0 bridgehead atoms. The first-order valence-corrected chi connectivity index (χ1v) is 8.65. The minimum atomic E-state index is -0.450. The molecule has 2 aromatic heterocycles. The first-order chi connectivity index (χ1) is 11.1. The molecular formula is C15H18ClFN4OS. The lowest BCUT2D eigenvalue weighted by atomic mass is 10.3. The second-order valence-electron chi connectivity index (χ2n) is 4.75. The van der Waals surface area contributed by atoms with Crippen LogP contribution in [0.2, 0.25) is 5.15 Å². The summed E-state index contributed by atoms with van der Waals surface area (Å²) in [6.45, 7) is 3.64. The number of carbonyl (C=O) groups is 1. The molecule has 23 heavy (non-hydrogen) atoms. The van der Waals surface area contributed by atoms with Gasteiger partial charge in [-0.15, -0.1) is 11.8 Å². The summed E-state index contributed by atoms with van der Waals surface area (Å²) in [4.78, 5) is 18.2. The first-order valence-electron chi connectivity index (χ1n) is 7.23. The summed E-state index contributed by atoms with van der Waals surface area (Å²) in [6.07, 6.45) is 5.03. The van der Waals surface area contributed by atoms with Crippen LogP contribution in [0.1, 0.15) is 13.8 Å². The Morgan fingerprint density at radius 3 is 2.96 bits per heavy atom. The normalized spacial score (nSPS) is 12.2. The molecule has 2 aromatic rings. The van der Waals surface area contributed by atoms with Crippen molar-refractivity contribution < 1.29 is 9.18 Å². The lowest BCUT2D eigenvalue weighted by molar-refractivity contribution is -0.117. The summed E-state index contributed by atoms with van der Waals surface area (Å²) < 4.78 is 13.9. The topological polar surface area (TPSA) is 51.0 Å². The Bertz CT molecular complexity index is 652. The van der Waals surface area contributed by atoms with Crippen molar-refractivity contribution in [3.05, 3.63) is 35.9 Å². The van der Waals surface area contributed by atoms with Crippen molar-refractivity contribution in [1.82, 2.24) is 14.8 Å². The standard InChI is InChI=1S/C15H18ClFN4OS/c1-3-20(15(22)11(2)23-8-6-17)13-10-21(19-14(13)16)12-5-4-7-18-9-12/h4-5,7,9-11H,3,6,8H2,1-2H3. The fourth-order valence-electron chi connectivity index (χ4n) is 2.10. The Morgan fingerprint density at radius 1 is 1.57 bits per heavy atom. The van der Waals surface area contributed by atoms with Crippen molar-refractivity contribution in [2.24, 2.45) is 0 Å². The summed E-state index contributed by atoms with van der Waals surface area (Å²) in [6, 6.07) is 3.64. The summed E-state index contributed by atoms with van der Waals surface area (Å²) in [5.41, 5.74) is 1.29. The number of anilines is 1. The van der Waals surface area contributed by atoms with Gasteiger partial charge in [-0.1, -0.05) is 11.6 Å². The highest BCUT2D eigenvalue weighted by atomic mass is 35.5. The molecule has 0 saturated carbocycles. The van der Waals surface area contributed by atoms with E-state index >= 15 is 0 Å². The van der Waals surface area contributed by atoms with Gasteiger partial charge >= 0.3 is 0 Å². The van der Waals surface area contributed by atoms with Crippen LogP contribution in [0.25, 0.3) is 5.69 Å². The van der Waals surface area contributed by atoms with E-state index in [1.165, 1.54) is 11.8 Å². The molecule has 2 heterocycles. The third-order valence-corrected chi connectivity index (χ3v) is 4.59. The van der Waals surface area contributed by atoms with Crippen molar-refractivity contribution >= 4 is 35.0 Å². The van der Waals surface area contributed by atoms with Gasteiger partial charge in [0.2, 0.25) is 5.91 Å². The van der Waals surface area contributed by atoms with Crippen LogP contribution in [0, 0.1) is 0 Å². The van der Waals surface area contributed by atoms with E-state index < -0.39 is 6.67 Å². The van der Waals surface area contributed by atoms with Gasteiger partial charge in [0.15, 0.2) is 5.15 Å². The van der Waals surface area contributed by atoms with Gasteiger partial charge in [-0.25, -0.2) is 4.68 Å². The number of carbonyl (C=O) groups excluding carboxylic acids is 1. The molecule has 5 nitrogen and oxygen atoms in total. The third-order valence-electron chi connectivity index (χ3n) is 3.23. The minimum absolute atomic E-state index is 0.112. The Morgan fingerprint density at radius 2 is 2.35 bits per heavy atom. The van der Waals surface area contributed by atoms with Gasteiger partial charge in [0.25, 0.3) is 0 Å². The van der Waals surface area contributed by atoms with Crippen molar-refractivity contribution in [1.29, 1.82) is 0 Å². The number of nitrogens with zero attached hydrogens (tertiary/aromatic N) is 4. The minimum Gasteiger partial charge on any atom is -0.308 e. The largest absolute Gasteiger partial charge is 0.308 e. The van der Waals surface area contributed by atoms with Crippen LogP contribution >= 0.6 is 23.4 Å². The zero-order valence-electron chi connectivity index (χ0n) is 12.9. The molecule has 1 atom stereocenters. The molecule has 0 spiro atoms. The highest BCUT2D eigenvalue weighted by Crippen LogP contribution is 2.27. The molecular weight excluding hydrogens is 339 g/mol. The maximum atomic E-state index is 12.6. The van der Waals surface area contributed by atoms with Gasteiger partial charge in [-0.05, 0) is 26.0 Å². The molecule has 0 aliphatic rings. The smallest absolute Gasteiger partial charge is 0.239 e. The first kappa shape index (κ1) is 17.7. The molecule has 0 aromatic carbocycles. The fourth-order valence-corrected chi connectivity index (χ4v) is 3.05. The van der Waals surface area contributed by atoms with E-state index in [1.807, 2.05) is 13.0 Å². The van der Waals surface area contributed by atoms with Crippen LogP contribution in [0.4, 0.5) is 10.1 Å². The number of aromatic nitrogens is 3. The lowest BCUT2D eigenvalue weighted by Crippen LogP contribution is -2.36. The quantitative estimate of drug-likeness (QED) is 0.763. The highest BCUT2D eigenvalue weighted by Gasteiger charge is 2.24. The summed E-state index contributed by atoms with van der Waals surface area (Å²) >= 11 is 7.49. The average molecular weight is 357 g/mol. The van der Waals surface area contributed by atoms with Gasteiger partial charge < -0.3 is 4.90 Å². The van der Waals surface area contributed by atoms with Crippen LogP contribution in [0.5, 0.6) is 0 Å². The van der Waals surface area contributed by atoms with E-state index in [9.17, 15) is 9.18 Å². The van der Waals surface area contributed by atoms with Crippen LogP contribution in [0.15, 0.2) is 30.7 Å². The summed E-state index contributed by atoms with van der Waals surface area (Å²) in [5.74, 6) is 0.186. The molecule has 0 aliphatic heterocycles. The van der Waals surface area contributed by atoms with E-state index in [2.05, 4.69) is 10.1 Å². The van der Waals surface area contributed by atoms with Gasteiger partial charge in [-0.2, -0.15) is 5.10 Å². The van der Waals surface area contributed by atoms with Crippen LogP contribution in [-0.2, 0) is 4.79 Å². The van der Waals surface area contributed by atoms with Crippen molar-refractivity contribution in [3.8, 4) is 5.69 Å². The van der Waals surface area contributed by atoms with E-state index in [-0.39, 0.29) is 16.3 Å². The highest BCUT2D eigenvalue weighted by molar-refractivity contribution is 8.00. The number of pyridine rings is 1. The Hall–Kier alpha value is -1.60. The Balaban J connectivity index is 2.25. The number of thioether (sulfide) groups is 1. The second-order valence-corrected chi connectivity index (χ2v) is 6.55. The van der Waals surface area contributed by atoms with E-state index in [4.69, 9.17) is 11.6 Å². The van der Waals surface area contributed by atoms with E-state index in [1.54, 1.807) is 41.2 Å². The molecule has 1 unspecified atom stereocenters. The molecule has 124 valence electrons. The zero-order chi connectivity index (χ0) is 16.8. The number of hydrogen-bond donors (Lipinski definition) is 0. The number of alkyl halides is 1. The molecule has 0 radical (unpaired) electrons. The van der Waals surface area contributed by atoms with Crippen molar-refractivity contribution in [3.63, 3.8) is 0 Å². The number of rotatable bonds is 7. The molecule has 8 heteroatoms. The van der Waals surface area contributed by atoms with E-state index in [0.717, 1.165) is 5.69 Å². The number of amides is 1. The molecule has 2 rings (SSSR count). The zero-order valence-corrected chi connectivity index (χ0v) is 14.5. The Kier molecular flexibility index (Phi) is 6.41. The number of halogens is 2. The molecule has 0 fully saturated rings. The molecule has 0 aliphatic carbocycles. The molecule has 0 N–H and O–H groups in total. The molecule has 0 saturated heterocycles. The predicted octanol–water partition coefficient (Wildman–Crippen LogP) is 3.36. The fraction of sp³-hybridized carbons (Fsp3) is 0.400. The predicted molar refractivity (Wildman–Crippen MR) is 92.3 cm³/mol. The van der Waals surface area contributed by atoms with Crippen LogP contribution in [0.3, 0.4) is 0 Å². The van der Waals surface area contributed by atoms with Crippen LogP contribution in [-0.4, -0.2) is 44.9 Å². The van der Waals surface area contributed by atoms with Crippen molar-refractivity contribution in [2.75, 3.05) is 23.9 Å². The maximum Gasteiger partial charge on any atom is 0.239 e. The lowest BCUT2D eigenvalue weighted by Gasteiger charge is -2.22. The van der Waals surface area contributed by atoms with Crippen molar-refractivity contribution in [2.45, 2.75) is 19.1 Å². The van der Waals surface area contributed by atoms with E-state index in [0.29, 0.717) is 18.0 Å². The second kappa shape index (κ2) is 8.31. The van der Waals surface area contributed by atoms with Gasteiger partial charge in [-0.3, -0.25) is 14.2 Å². The van der Waals surface area contributed by atoms with Gasteiger partial charge in [0, 0.05) is 18.5 Å². The van der Waals surface area contributed by atoms with Gasteiger partial charge in [0.1, 0.15) is 5.69 Å².